The molecule has 0 radical (unpaired) electrons. The average molecular weight is 208 g/mol. The van der Waals surface area contributed by atoms with Gasteiger partial charge in [-0.1, -0.05) is 0 Å². The van der Waals surface area contributed by atoms with Crippen LogP contribution in [0.2, 0.25) is 0 Å². The minimum atomic E-state index is -4.06. The highest BCUT2D eigenvalue weighted by Gasteiger charge is 2.32. The van der Waals surface area contributed by atoms with Crippen molar-refractivity contribution in [1.29, 1.82) is 0 Å². The van der Waals surface area contributed by atoms with E-state index in [0.29, 0.717) is 6.92 Å². The maximum atomic E-state index is 12.3. The monoisotopic (exact) mass is 207 g/mol. The van der Waals surface area contributed by atoms with Crippen LogP contribution in [0.15, 0.2) is 0 Å². The van der Waals surface area contributed by atoms with Crippen LogP contribution in [0, 0.1) is 0 Å². The van der Waals surface area contributed by atoms with Gasteiger partial charge in [-0.3, -0.25) is 0 Å². The topological polar surface area (TPSA) is 46.2 Å². The lowest BCUT2D eigenvalue weighted by molar-refractivity contribution is -0.00468. The first-order valence-corrected chi connectivity index (χ1v) is 5.03. The SMILES string of the molecule is CC(NS(=O)(=O)Cl)C(C)(F)F. The summed E-state index contributed by atoms with van der Waals surface area (Å²) >= 11 is 0. The summed E-state index contributed by atoms with van der Waals surface area (Å²) in [5, 5.41) is 0. The van der Waals surface area contributed by atoms with Gasteiger partial charge >= 0.3 is 0 Å². The maximum absolute atomic E-state index is 12.3. The molecule has 0 heterocycles. The van der Waals surface area contributed by atoms with Crippen molar-refractivity contribution in [2.45, 2.75) is 25.8 Å². The van der Waals surface area contributed by atoms with Gasteiger partial charge in [-0.05, 0) is 6.92 Å². The minimum Gasteiger partial charge on any atom is -0.205 e. The molecule has 0 aromatic carbocycles. The van der Waals surface area contributed by atoms with Crippen molar-refractivity contribution in [2.24, 2.45) is 0 Å². The normalized spacial score (nSPS) is 16.5. The highest BCUT2D eigenvalue weighted by molar-refractivity contribution is 8.12. The van der Waals surface area contributed by atoms with Crippen LogP contribution < -0.4 is 4.72 Å². The summed E-state index contributed by atoms with van der Waals surface area (Å²) in [5.74, 6) is -3.11. The first-order chi connectivity index (χ1) is 4.63. The smallest absolute Gasteiger partial charge is 0.205 e. The lowest BCUT2D eigenvalue weighted by atomic mass is 10.2. The minimum absolute atomic E-state index is 0.604. The summed E-state index contributed by atoms with van der Waals surface area (Å²) in [6.45, 7) is 1.63. The Hall–Kier alpha value is 0.0600. The van der Waals surface area contributed by atoms with Crippen LogP contribution >= 0.6 is 10.7 Å². The molecule has 1 atom stereocenters. The van der Waals surface area contributed by atoms with Crippen LogP contribution in [-0.2, 0) is 9.24 Å². The summed E-state index contributed by atoms with van der Waals surface area (Å²) in [6, 6.07) is -1.50. The molecule has 1 N–H and O–H groups in total. The van der Waals surface area contributed by atoms with E-state index in [1.807, 2.05) is 0 Å². The van der Waals surface area contributed by atoms with Gasteiger partial charge in [-0.15, -0.1) is 0 Å². The third kappa shape index (κ3) is 5.34. The van der Waals surface area contributed by atoms with Crippen molar-refractivity contribution in [1.82, 2.24) is 4.72 Å². The molecule has 0 saturated heterocycles. The predicted octanol–water partition coefficient (Wildman–Crippen LogP) is 1.10. The summed E-state index contributed by atoms with van der Waals surface area (Å²) in [5.41, 5.74) is 0. The third-order valence-electron chi connectivity index (χ3n) is 1.08. The molecule has 1 unspecified atom stereocenters. The molecule has 0 spiro atoms. The van der Waals surface area contributed by atoms with Crippen LogP contribution in [0.5, 0.6) is 0 Å². The molecule has 3 nitrogen and oxygen atoms in total. The van der Waals surface area contributed by atoms with E-state index in [2.05, 4.69) is 10.7 Å². The van der Waals surface area contributed by atoms with Gasteiger partial charge in [0.05, 0.1) is 6.04 Å². The van der Waals surface area contributed by atoms with E-state index >= 15 is 0 Å². The summed E-state index contributed by atoms with van der Waals surface area (Å²) < 4.78 is 46.5. The lowest BCUT2D eigenvalue weighted by Gasteiger charge is -2.18. The van der Waals surface area contributed by atoms with Crippen molar-refractivity contribution >= 4 is 19.9 Å². The van der Waals surface area contributed by atoms with Gasteiger partial charge in [-0.2, -0.15) is 13.1 Å². The lowest BCUT2D eigenvalue weighted by Crippen LogP contribution is -2.41. The second-order valence-corrected chi connectivity index (χ2v) is 4.56. The quantitative estimate of drug-likeness (QED) is 0.705. The van der Waals surface area contributed by atoms with Crippen LogP contribution in [0.1, 0.15) is 13.8 Å². The Morgan fingerprint density at radius 2 is 1.91 bits per heavy atom. The summed E-state index contributed by atoms with van der Waals surface area (Å²) in [7, 11) is 0.598. The van der Waals surface area contributed by atoms with E-state index in [4.69, 9.17) is 0 Å². The molecule has 0 aromatic heterocycles. The summed E-state index contributed by atoms with van der Waals surface area (Å²) in [4.78, 5) is 0. The molecule has 0 aliphatic rings. The van der Waals surface area contributed by atoms with Gasteiger partial charge in [-0.25, -0.2) is 8.78 Å². The van der Waals surface area contributed by atoms with E-state index in [9.17, 15) is 17.2 Å². The number of alkyl halides is 2. The number of rotatable bonds is 3. The van der Waals surface area contributed by atoms with Crippen molar-refractivity contribution in [3.05, 3.63) is 0 Å². The van der Waals surface area contributed by atoms with E-state index in [1.165, 1.54) is 0 Å². The molecule has 0 rings (SSSR count). The van der Waals surface area contributed by atoms with Gasteiger partial charge in [0, 0.05) is 17.6 Å². The highest BCUT2D eigenvalue weighted by atomic mass is 35.7. The highest BCUT2D eigenvalue weighted by Crippen LogP contribution is 2.17. The fraction of sp³-hybridized carbons (Fsp3) is 1.00. The Morgan fingerprint density at radius 1 is 1.55 bits per heavy atom. The molecule has 11 heavy (non-hydrogen) atoms. The van der Waals surface area contributed by atoms with E-state index < -0.39 is 21.2 Å². The molecule has 7 heteroatoms. The Balaban J connectivity index is 4.21. The van der Waals surface area contributed by atoms with E-state index in [-0.39, 0.29) is 0 Å². The summed E-state index contributed by atoms with van der Waals surface area (Å²) in [6.07, 6.45) is 0. The Kier molecular flexibility index (Phi) is 3.22. The molecule has 68 valence electrons. The zero-order valence-electron chi connectivity index (χ0n) is 5.94. The Bertz CT molecular complexity index is 223. The van der Waals surface area contributed by atoms with E-state index in [0.717, 1.165) is 6.92 Å². The number of hydrogen-bond donors (Lipinski definition) is 1. The van der Waals surface area contributed by atoms with Crippen LogP contribution in [0.4, 0.5) is 8.78 Å². The first kappa shape index (κ1) is 11.1. The fourth-order valence-electron chi connectivity index (χ4n) is 0.315. The van der Waals surface area contributed by atoms with E-state index in [1.54, 1.807) is 4.72 Å². The molecule has 0 fully saturated rings. The average Bonchev–Trinajstić information content (AvgIpc) is 1.56. The fourth-order valence-corrected chi connectivity index (χ4v) is 1.34. The van der Waals surface area contributed by atoms with Gasteiger partial charge in [0.15, 0.2) is 0 Å². The largest absolute Gasteiger partial charge is 0.297 e. The molecule has 0 bridgehead atoms. The van der Waals surface area contributed by atoms with Gasteiger partial charge in [0.2, 0.25) is 0 Å². The number of halogens is 3. The van der Waals surface area contributed by atoms with Gasteiger partial charge in [0.25, 0.3) is 15.2 Å². The number of nitrogens with one attached hydrogen (secondary N) is 1. The second kappa shape index (κ2) is 3.20. The molecular formula is C4H8ClF2NO2S. The van der Waals surface area contributed by atoms with Crippen molar-refractivity contribution in [3.63, 3.8) is 0 Å². The van der Waals surface area contributed by atoms with Crippen LogP contribution in [0.3, 0.4) is 0 Å². The molecule has 0 aromatic rings. The second-order valence-electron chi connectivity index (χ2n) is 2.23. The Labute approximate surface area is 68.3 Å². The molecular weight excluding hydrogens is 200 g/mol. The molecule has 0 aliphatic heterocycles. The van der Waals surface area contributed by atoms with Crippen molar-refractivity contribution < 1.29 is 17.2 Å². The molecule has 0 aliphatic carbocycles. The van der Waals surface area contributed by atoms with Gasteiger partial charge in [0.1, 0.15) is 0 Å². The number of hydrogen-bond acceptors (Lipinski definition) is 2. The zero-order valence-corrected chi connectivity index (χ0v) is 7.51. The first-order valence-electron chi connectivity index (χ1n) is 2.72. The Morgan fingerprint density at radius 3 is 2.00 bits per heavy atom. The van der Waals surface area contributed by atoms with Crippen LogP contribution in [-0.4, -0.2) is 20.4 Å². The van der Waals surface area contributed by atoms with Gasteiger partial charge < -0.3 is 0 Å². The standard InChI is InChI=1S/C4H8ClF2NO2S/c1-3(4(2,6)7)8-11(5,9)10/h3,8H,1-2H3. The van der Waals surface area contributed by atoms with Crippen molar-refractivity contribution in [3.8, 4) is 0 Å². The third-order valence-corrected chi connectivity index (χ3v) is 1.98. The molecule has 0 saturated carbocycles. The zero-order chi connectivity index (χ0) is 9.28. The van der Waals surface area contributed by atoms with Crippen molar-refractivity contribution in [2.75, 3.05) is 0 Å². The maximum Gasteiger partial charge on any atom is 0.297 e. The van der Waals surface area contributed by atoms with Crippen LogP contribution in [0.25, 0.3) is 0 Å². The molecule has 0 amide bonds. The predicted molar refractivity (Wildman–Crippen MR) is 38.0 cm³/mol.